The van der Waals surface area contributed by atoms with Gasteiger partial charge in [-0.2, -0.15) is 4.31 Å². The van der Waals surface area contributed by atoms with Crippen LogP contribution in [0.5, 0.6) is 0 Å². The topological polar surface area (TPSA) is 66.9 Å². The summed E-state index contributed by atoms with van der Waals surface area (Å²) < 4.78 is 33.6. The summed E-state index contributed by atoms with van der Waals surface area (Å²) in [5.74, 6) is -0.0497. The van der Waals surface area contributed by atoms with Crippen LogP contribution >= 0.6 is 11.6 Å². The van der Waals surface area contributed by atoms with E-state index in [2.05, 4.69) is 0 Å². The standard InChI is InChI=1S/C21H23ClN2O4S/c22-17-5-7-18(8-6-17)29(26,27)24-10-9-16-3-1-2-4-19(16)20(24)15-21(25)23-11-13-28-14-12-23/h1-8,20H,9-15H2. The van der Waals surface area contributed by atoms with Gasteiger partial charge < -0.3 is 9.64 Å². The van der Waals surface area contributed by atoms with Gasteiger partial charge in [-0.05, 0) is 41.8 Å². The number of carbonyl (C=O) groups excluding carboxylic acids is 1. The summed E-state index contributed by atoms with van der Waals surface area (Å²) in [5.41, 5.74) is 1.99. The first-order chi connectivity index (χ1) is 14.0. The van der Waals surface area contributed by atoms with E-state index in [4.69, 9.17) is 16.3 Å². The fourth-order valence-corrected chi connectivity index (χ4v) is 5.71. The lowest BCUT2D eigenvalue weighted by atomic mass is 9.92. The number of rotatable bonds is 4. The third kappa shape index (κ3) is 4.19. The molecule has 0 spiro atoms. The lowest BCUT2D eigenvalue weighted by Gasteiger charge is -2.37. The highest BCUT2D eigenvalue weighted by molar-refractivity contribution is 7.89. The van der Waals surface area contributed by atoms with Gasteiger partial charge in [0.15, 0.2) is 0 Å². The Balaban J connectivity index is 1.68. The Labute approximate surface area is 176 Å². The van der Waals surface area contributed by atoms with Gasteiger partial charge in [0.25, 0.3) is 0 Å². The van der Waals surface area contributed by atoms with Gasteiger partial charge in [-0.3, -0.25) is 4.79 Å². The number of morpholine rings is 1. The van der Waals surface area contributed by atoms with E-state index in [9.17, 15) is 13.2 Å². The van der Waals surface area contributed by atoms with E-state index in [1.807, 2.05) is 24.3 Å². The van der Waals surface area contributed by atoms with E-state index in [0.717, 1.165) is 11.1 Å². The largest absolute Gasteiger partial charge is 0.378 e. The minimum Gasteiger partial charge on any atom is -0.378 e. The Morgan fingerprint density at radius 1 is 1.03 bits per heavy atom. The predicted octanol–water partition coefficient (Wildman–Crippen LogP) is 2.88. The van der Waals surface area contributed by atoms with Crippen molar-refractivity contribution < 1.29 is 17.9 Å². The molecule has 1 atom stereocenters. The molecule has 4 rings (SSSR count). The van der Waals surface area contributed by atoms with E-state index in [0.29, 0.717) is 44.3 Å². The van der Waals surface area contributed by atoms with Crippen LogP contribution < -0.4 is 0 Å². The molecule has 0 aliphatic carbocycles. The van der Waals surface area contributed by atoms with Crippen molar-refractivity contribution in [2.24, 2.45) is 0 Å². The maximum Gasteiger partial charge on any atom is 0.243 e. The molecule has 1 fully saturated rings. The van der Waals surface area contributed by atoms with E-state index < -0.39 is 16.1 Å². The van der Waals surface area contributed by atoms with E-state index >= 15 is 0 Å². The first kappa shape index (κ1) is 20.3. The van der Waals surface area contributed by atoms with Gasteiger partial charge in [-0.15, -0.1) is 0 Å². The molecule has 154 valence electrons. The Bertz CT molecular complexity index is 988. The molecule has 0 N–H and O–H groups in total. The molecule has 2 aliphatic heterocycles. The number of fused-ring (bicyclic) bond motifs is 1. The molecule has 0 radical (unpaired) electrons. The van der Waals surface area contributed by atoms with Crippen molar-refractivity contribution in [3.63, 3.8) is 0 Å². The summed E-state index contributed by atoms with van der Waals surface area (Å²) in [7, 11) is -3.77. The number of ether oxygens (including phenoxy) is 1. The van der Waals surface area contributed by atoms with Crippen LogP contribution in [-0.4, -0.2) is 56.4 Å². The summed E-state index contributed by atoms with van der Waals surface area (Å²) in [5, 5.41) is 0.479. The molecule has 1 unspecified atom stereocenters. The SMILES string of the molecule is O=C(CC1c2ccccc2CCN1S(=O)(=O)c1ccc(Cl)cc1)N1CCOCC1. The van der Waals surface area contributed by atoms with E-state index in [-0.39, 0.29) is 17.2 Å². The molecule has 0 saturated carbocycles. The van der Waals surface area contributed by atoms with Crippen molar-refractivity contribution in [1.29, 1.82) is 0 Å². The smallest absolute Gasteiger partial charge is 0.243 e. The first-order valence-electron chi connectivity index (χ1n) is 9.67. The molecule has 8 heteroatoms. The minimum atomic E-state index is -3.77. The number of carbonyl (C=O) groups is 1. The zero-order valence-corrected chi connectivity index (χ0v) is 17.5. The van der Waals surface area contributed by atoms with Crippen LogP contribution in [0.15, 0.2) is 53.4 Å². The van der Waals surface area contributed by atoms with Gasteiger partial charge in [-0.25, -0.2) is 8.42 Å². The second-order valence-electron chi connectivity index (χ2n) is 7.23. The molecule has 2 aliphatic rings. The van der Waals surface area contributed by atoms with E-state index in [1.54, 1.807) is 17.0 Å². The monoisotopic (exact) mass is 434 g/mol. The van der Waals surface area contributed by atoms with Crippen LogP contribution in [0.1, 0.15) is 23.6 Å². The van der Waals surface area contributed by atoms with Crippen LogP contribution in [0.2, 0.25) is 5.02 Å². The maximum absolute atomic E-state index is 13.4. The van der Waals surface area contributed by atoms with Crippen LogP contribution in [0.25, 0.3) is 0 Å². The maximum atomic E-state index is 13.4. The highest BCUT2D eigenvalue weighted by Gasteiger charge is 2.38. The molecule has 0 bridgehead atoms. The van der Waals surface area contributed by atoms with Crippen LogP contribution in [-0.2, 0) is 26.0 Å². The van der Waals surface area contributed by atoms with Gasteiger partial charge in [0.2, 0.25) is 15.9 Å². The lowest BCUT2D eigenvalue weighted by molar-refractivity contribution is -0.136. The molecule has 29 heavy (non-hydrogen) atoms. The molecule has 2 aromatic carbocycles. The number of hydrogen-bond donors (Lipinski definition) is 0. The first-order valence-corrected chi connectivity index (χ1v) is 11.5. The zero-order chi connectivity index (χ0) is 20.4. The second-order valence-corrected chi connectivity index (χ2v) is 9.56. The van der Waals surface area contributed by atoms with Crippen molar-refractivity contribution in [2.75, 3.05) is 32.8 Å². The predicted molar refractivity (Wildman–Crippen MR) is 110 cm³/mol. The number of amides is 1. The summed E-state index contributed by atoms with van der Waals surface area (Å²) in [6.45, 7) is 2.44. The molecule has 2 aromatic rings. The van der Waals surface area contributed by atoms with Crippen LogP contribution in [0.4, 0.5) is 0 Å². The van der Waals surface area contributed by atoms with Gasteiger partial charge in [-0.1, -0.05) is 35.9 Å². The fraction of sp³-hybridized carbons (Fsp3) is 0.381. The number of sulfonamides is 1. The van der Waals surface area contributed by atoms with E-state index in [1.165, 1.54) is 16.4 Å². The molecule has 0 aromatic heterocycles. The van der Waals surface area contributed by atoms with Gasteiger partial charge in [0, 0.05) is 31.1 Å². The quantitative estimate of drug-likeness (QED) is 0.742. The fourth-order valence-electron chi connectivity index (χ4n) is 3.98. The summed E-state index contributed by atoms with van der Waals surface area (Å²) >= 11 is 5.93. The zero-order valence-electron chi connectivity index (χ0n) is 16.0. The number of nitrogens with zero attached hydrogens (tertiary/aromatic N) is 2. The molecule has 6 nitrogen and oxygen atoms in total. The summed E-state index contributed by atoms with van der Waals surface area (Å²) in [6, 6.07) is 13.4. The van der Waals surface area contributed by atoms with Crippen LogP contribution in [0, 0.1) is 0 Å². The third-order valence-electron chi connectivity index (χ3n) is 5.52. The Morgan fingerprint density at radius 3 is 2.45 bits per heavy atom. The molecule has 1 saturated heterocycles. The summed E-state index contributed by atoms with van der Waals surface area (Å²) in [6.07, 6.45) is 0.731. The second kappa shape index (κ2) is 8.44. The third-order valence-corrected chi connectivity index (χ3v) is 7.69. The van der Waals surface area contributed by atoms with Gasteiger partial charge >= 0.3 is 0 Å². The number of hydrogen-bond acceptors (Lipinski definition) is 4. The van der Waals surface area contributed by atoms with Gasteiger partial charge in [0.05, 0.1) is 24.2 Å². The lowest BCUT2D eigenvalue weighted by Crippen LogP contribution is -2.45. The molecular weight excluding hydrogens is 412 g/mol. The average molecular weight is 435 g/mol. The summed E-state index contributed by atoms with van der Waals surface area (Å²) in [4.78, 5) is 14.9. The van der Waals surface area contributed by atoms with Crippen molar-refractivity contribution >= 4 is 27.5 Å². The van der Waals surface area contributed by atoms with Crippen LogP contribution in [0.3, 0.4) is 0 Å². The highest BCUT2D eigenvalue weighted by Crippen LogP contribution is 2.37. The Hall–Kier alpha value is -1.93. The Kier molecular flexibility index (Phi) is 5.92. The van der Waals surface area contributed by atoms with Gasteiger partial charge in [0.1, 0.15) is 0 Å². The minimum absolute atomic E-state index is 0.0497. The average Bonchev–Trinajstić information content (AvgIpc) is 2.74. The Morgan fingerprint density at radius 2 is 1.72 bits per heavy atom. The number of benzene rings is 2. The van der Waals surface area contributed by atoms with Crippen molar-refractivity contribution in [3.05, 3.63) is 64.7 Å². The molecular formula is C21H23ClN2O4S. The normalized spacial score (nSPS) is 20.3. The molecule has 1 amide bonds. The highest BCUT2D eigenvalue weighted by atomic mass is 35.5. The van der Waals surface area contributed by atoms with Crippen molar-refractivity contribution in [1.82, 2.24) is 9.21 Å². The van der Waals surface area contributed by atoms with Crippen molar-refractivity contribution in [3.8, 4) is 0 Å². The molecule has 2 heterocycles. The number of halogens is 1. The van der Waals surface area contributed by atoms with Crippen molar-refractivity contribution in [2.45, 2.75) is 23.8 Å².